The van der Waals surface area contributed by atoms with Gasteiger partial charge in [-0.2, -0.15) is 11.8 Å². The van der Waals surface area contributed by atoms with E-state index < -0.39 is 5.97 Å². The normalized spacial score (nSPS) is 32.6. The van der Waals surface area contributed by atoms with E-state index in [2.05, 4.69) is 18.7 Å². The zero-order valence-corrected chi connectivity index (χ0v) is 12.0. The second-order valence-electron chi connectivity index (χ2n) is 5.64. The molecule has 2 heterocycles. The zero-order valence-electron chi connectivity index (χ0n) is 11.2. The molecule has 0 radical (unpaired) electrons. The third kappa shape index (κ3) is 3.19. The van der Waals surface area contributed by atoms with E-state index in [4.69, 9.17) is 9.84 Å². The summed E-state index contributed by atoms with van der Waals surface area (Å²) in [5.74, 6) is 1.51. The molecule has 104 valence electrons. The van der Waals surface area contributed by atoms with Crippen molar-refractivity contribution in [2.75, 3.05) is 24.7 Å². The molecule has 0 saturated carbocycles. The van der Waals surface area contributed by atoms with E-state index in [0.717, 1.165) is 31.6 Å². The first-order valence-electron chi connectivity index (χ1n) is 6.72. The summed E-state index contributed by atoms with van der Waals surface area (Å²) in [6, 6.07) is 0.629. The van der Waals surface area contributed by atoms with E-state index in [0.29, 0.717) is 6.04 Å². The van der Waals surface area contributed by atoms with Gasteiger partial charge in [0.15, 0.2) is 0 Å². The fourth-order valence-electron chi connectivity index (χ4n) is 3.04. The van der Waals surface area contributed by atoms with Crippen LogP contribution in [-0.2, 0) is 9.53 Å². The number of carboxylic acid groups (broad SMARTS) is 1. The lowest BCUT2D eigenvalue weighted by Gasteiger charge is -2.43. The maximum atomic E-state index is 11.0. The van der Waals surface area contributed by atoms with E-state index >= 15 is 0 Å². The van der Waals surface area contributed by atoms with Gasteiger partial charge in [-0.1, -0.05) is 0 Å². The van der Waals surface area contributed by atoms with E-state index in [1.165, 1.54) is 5.75 Å². The monoisotopic (exact) mass is 273 g/mol. The standard InChI is InChI=1S/C13H23NO3S/c1-10(2)14(8-12(15)16)11-3-5-17-13(7-11)4-6-18-9-13/h10-11H,3-9H2,1-2H3,(H,15,16). The van der Waals surface area contributed by atoms with Crippen LogP contribution in [-0.4, -0.2) is 58.3 Å². The van der Waals surface area contributed by atoms with Crippen LogP contribution < -0.4 is 0 Å². The second-order valence-corrected chi connectivity index (χ2v) is 6.75. The molecule has 1 spiro atoms. The molecule has 2 unspecified atom stereocenters. The van der Waals surface area contributed by atoms with Crippen molar-refractivity contribution in [3.05, 3.63) is 0 Å². The van der Waals surface area contributed by atoms with Gasteiger partial charge < -0.3 is 9.84 Å². The van der Waals surface area contributed by atoms with Gasteiger partial charge in [-0.05, 0) is 38.9 Å². The van der Waals surface area contributed by atoms with Crippen molar-refractivity contribution >= 4 is 17.7 Å². The molecule has 5 heteroatoms. The Bertz CT molecular complexity index is 303. The van der Waals surface area contributed by atoms with Crippen LogP contribution in [0.1, 0.15) is 33.1 Å². The Balaban J connectivity index is 2.03. The molecule has 0 aliphatic carbocycles. The SMILES string of the molecule is CC(C)N(CC(=O)O)C1CCOC2(CCSC2)C1. The van der Waals surface area contributed by atoms with Crippen LogP contribution in [0.25, 0.3) is 0 Å². The molecule has 2 saturated heterocycles. The predicted octanol–water partition coefficient (Wildman–Crippen LogP) is 1.84. The highest BCUT2D eigenvalue weighted by molar-refractivity contribution is 7.99. The number of carbonyl (C=O) groups is 1. The topological polar surface area (TPSA) is 49.8 Å². The number of ether oxygens (including phenoxy) is 1. The molecule has 2 atom stereocenters. The molecule has 2 aliphatic rings. The zero-order chi connectivity index (χ0) is 13.2. The van der Waals surface area contributed by atoms with Crippen LogP contribution in [0.5, 0.6) is 0 Å². The van der Waals surface area contributed by atoms with Gasteiger partial charge in [0.1, 0.15) is 0 Å². The van der Waals surface area contributed by atoms with Gasteiger partial charge in [0, 0.05) is 24.4 Å². The van der Waals surface area contributed by atoms with Crippen LogP contribution in [0.15, 0.2) is 0 Å². The largest absolute Gasteiger partial charge is 0.480 e. The van der Waals surface area contributed by atoms with Crippen molar-refractivity contribution in [1.82, 2.24) is 4.90 Å². The maximum absolute atomic E-state index is 11.0. The van der Waals surface area contributed by atoms with Crippen molar-refractivity contribution in [2.24, 2.45) is 0 Å². The van der Waals surface area contributed by atoms with Crippen LogP contribution in [0, 0.1) is 0 Å². The molecule has 2 fully saturated rings. The molecule has 18 heavy (non-hydrogen) atoms. The van der Waals surface area contributed by atoms with Gasteiger partial charge in [0.05, 0.1) is 12.1 Å². The first-order valence-corrected chi connectivity index (χ1v) is 7.87. The molecule has 0 bridgehead atoms. The number of rotatable bonds is 4. The van der Waals surface area contributed by atoms with Gasteiger partial charge in [-0.15, -0.1) is 0 Å². The summed E-state index contributed by atoms with van der Waals surface area (Å²) >= 11 is 1.96. The molecule has 0 aromatic carbocycles. The quantitative estimate of drug-likeness (QED) is 0.847. The van der Waals surface area contributed by atoms with Crippen LogP contribution in [0.3, 0.4) is 0 Å². The van der Waals surface area contributed by atoms with Crippen molar-refractivity contribution in [1.29, 1.82) is 0 Å². The van der Waals surface area contributed by atoms with Crippen LogP contribution in [0.4, 0.5) is 0 Å². The Morgan fingerprint density at radius 2 is 2.39 bits per heavy atom. The van der Waals surface area contributed by atoms with Crippen molar-refractivity contribution in [3.63, 3.8) is 0 Å². The Labute approximate surface area is 113 Å². The minimum atomic E-state index is -0.731. The van der Waals surface area contributed by atoms with Gasteiger partial charge in [-0.3, -0.25) is 9.69 Å². The summed E-state index contributed by atoms with van der Waals surface area (Å²) in [4.78, 5) is 13.1. The summed E-state index contributed by atoms with van der Waals surface area (Å²) in [6.45, 7) is 5.07. The van der Waals surface area contributed by atoms with Crippen molar-refractivity contribution < 1.29 is 14.6 Å². The van der Waals surface area contributed by atoms with Crippen molar-refractivity contribution in [3.8, 4) is 0 Å². The first-order chi connectivity index (χ1) is 8.52. The molecule has 0 amide bonds. The highest BCUT2D eigenvalue weighted by atomic mass is 32.2. The Morgan fingerprint density at radius 1 is 1.61 bits per heavy atom. The number of thioether (sulfide) groups is 1. The third-order valence-corrected chi connectivity index (χ3v) is 5.21. The number of nitrogens with zero attached hydrogens (tertiary/aromatic N) is 1. The lowest BCUT2D eigenvalue weighted by atomic mass is 9.88. The van der Waals surface area contributed by atoms with E-state index in [-0.39, 0.29) is 18.2 Å². The summed E-state index contributed by atoms with van der Waals surface area (Å²) in [7, 11) is 0. The molecule has 2 rings (SSSR count). The highest BCUT2D eigenvalue weighted by Gasteiger charge is 2.42. The molecule has 4 nitrogen and oxygen atoms in total. The van der Waals surface area contributed by atoms with Crippen LogP contribution in [0.2, 0.25) is 0 Å². The summed E-state index contributed by atoms with van der Waals surface area (Å²) in [6.07, 6.45) is 3.07. The molecule has 0 aromatic rings. The van der Waals surface area contributed by atoms with Crippen molar-refractivity contribution in [2.45, 2.75) is 50.8 Å². The average Bonchev–Trinajstić information content (AvgIpc) is 2.73. The first kappa shape index (κ1) is 14.2. The Kier molecular flexibility index (Phi) is 4.56. The maximum Gasteiger partial charge on any atom is 0.317 e. The smallest absolute Gasteiger partial charge is 0.317 e. The van der Waals surface area contributed by atoms with Gasteiger partial charge in [0.25, 0.3) is 0 Å². The fraction of sp³-hybridized carbons (Fsp3) is 0.923. The van der Waals surface area contributed by atoms with E-state index in [1.54, 1.807) is 0 Å². The van der Waals surface area contributed by atoms with Crippen LogP contribution >= 0.6 is 11.8 Å². The number of aliphatic carboxylic acids is 1. The average molecular weight is 273 g/mol. The lowest BCUT2D eigenvalue weighted by molar-refractivity contribution is -0.142. The second kappa shape index (κ2) is 5.80. The predicted molar refractivity (Wildman–Crippen MR) is 73.1 cm³/mol. The lowest BCUT2D eigenvalue weighted by Crippen LogP contribution is -2.52. The highest BCUT2D eigenvalue weighted by Crippen LogP contribution is 2.39. The minimum Gasteiger partial charge on any atom is -0.480 e. The third-order valence-electron chi connectivity index (χ3n) is 3.98. The molecular weight excluding hydrogens is 250 g/mol. The van der Waals surface area contributed by atoms with Gasteiger partial charge in [0.2, 0.25) is 0 Å². The number of hydrogen-bond donors (Lipinski definition) is 1. The molecule has 1 N–H and O–H groups in total. The van der Waals surface area contributed by atoms with Gasteiger partial charge in [-0.25, -0.2) is 0 Å². The summed E-state index contributed by atoms with van der Waals surface area (Å²) in [5, 5.41) is 9.04. The van der Waals surface area contributed by atoms with Gasteiger partial charge >= 0.3 is 5.97 Å². The Hall–Kier alpha value is -0.260. The number of hydrogen-bond acceptors (Lipinski definition) is 4. The van der Waals surface area contributed by atoms with E-state index in [9.17, 15) is 4.79 Å². The molecular formula is C13H23NO3S. The fourth-order valence-corrected chi connectivity index (χ4v) is 4.42. The minimum absolute atomic E-state index is 0.0270. The molecule has 0 aromatic heterocycles. The Morgan fingerprint density at radius 3 is 2.94 bits per heavy atom. The van der Waals surface area contributed by atoms with E-state index in [1.807, 2.05) is 11.8 Å². The summed E-state index contributed by atoms with van der Waals surface area (Å²) in [5.41, 5.74) is 0.0270. The summed E-state index contributed by atoms with van der Waals surface area (Å²) < 4.78 is 6.00. The number of carboxylic acids is 1. The molecule has 2 aliphatic heterocycles.